The molecule has 0 bridgehead atoms. The minimum atomic E-state index is -0.140. The number of carbonyl (C=O) groups is 1. The minimum absolute atomic E-state index is 0.140. The van der Waals surface area contributed by atoms with Crippen LogP contribution in [0.3, 0.4) is 0 Å². The van der Waals surface area contributed by atoms with E-state index in [-0.39, 0.29) is 6.03 Å². The van der Waals surface area contributed by atoms with Gasteiger partial charge < -0.3 is 19.7 Å². The average Bonchev–Trinajstić information content (AvgIpc) is 3.09. The quantitative estimate of drug-likeness (QED) is 0.765. The number of aromatic nitrogens is 1. The van der Waals surface area contributed by atoms with Crippen LogP contribution in [0.15, 0.2) is 42.5 Å². The van der Waals surface area contributed by atoms with E-state index in [0.29, 0.717) is 26.3 Å². The normalized spacial score (nSPS) is 12.8. The first-order valence-corrected chi connectivity index (χ1v) is 9.22. The van der Waals surface area contributed by atoms with Crippen molar-refractivity contribution in [2.24, 2.45) is 0 Å². The Morgan fingerprint density at radius 2 is 2.00 bits per heavy atom. The van der Waals surface area contributed by atoms with Crippen molar-refractivity contribution in [3.05, 3.63) is 53.0 Å². The van der Waals surface area contributed by atoms with Gasteiger partial charge in [-0.05, 0) is 29.8 Å². The topological polar surface area (TPSA) is 63.7 Å². The van der Waals surface area contributed by atoms with Gasteiger partial charge in [-0.15, -0.1) is 11.3 Å². The molecule has 2 aromatic carbocycles. The van der Waals surface area contributed by atoms with Crippen LogP contribution >= 0.6 is 11.3 Å². The van der Waals surface area contributed by atoms with Gasteiger partial charge in [0.15, 0.2) is 11.5 Å². The molecule has 1 aliphatic heterocycles. The summed E-state index contributed by atoms with van der Waals surface area (Å²) in [6.07, 6.45) is 0. The first kappa shape index (κ1) is 16.7. The molecule has 0 aliphatic carbocycles. The Hall–Kier alpha value is -2.80. The van der Waals surface area contributed by atoms with Gasteiger partial charge >= 0.3 is 6.03 Å². The number of rotatable bonds is 4. The van der Waals surface area contributed by atoms with E-state index in [1.54, 1.807) is 23.3 Å². The van der Waals surface area contributed by atoms with Crippen molar-refractivity contribution in [1.82, 2.24) is 15.2 Å². The molecule has 0 fully saturated rings. The third kappa shape index (κ3) is 3.57. The zero-order valence-electron chi connectivity index (χ0n) is 14.4. The van der Waals surface area contributed by atoms with Crippen molar-refractivity contribution in [1.29, 1.82) is 0 Å². The lowest BCUT2D eigenvalue weighted by Gasteiger charge is -2.21. The highest BCUT2D eigenvalue weighted by atomic mass is 32.1. The number of benzene rings is 2. The van der Waals surface area contributed by atoms with Crippen molar-refractivity contribution in [3.8, 4) is 11.5 Å². The number of para-hydroxylation sites is 1. The molecular formula is C19H19N3O3S. The standard InChI is InChI=1S/C19H19N3O3S/c1-22(12-13-6-7-15-16(10-13)25-9-8-24-15)19(23)20-11-18-21-14-4-2-3-5-17(14)26-18/h2-7,10H,8-9,11-12H2,1H3,(H,20,23). The molecular weight excluding hydrogens is 350 g/mol. The molecule has 3 aromatic rings. The first-order chi connectivity index (χ1) is 12.7. The van der Waals surface area contributed by atoms with Gasteiger partial charge in [0.25, 0.3) is 0 Å². The maximum absolute atomic E-state index is 12.4. The Morgan fingerprint density at radius 3 is 2.85 bits per heavy atom. The number of amides is 2. The third-order valence-corrected chi connectivity index (χ3v) is 5.14. The van der Waals surface area contributed by atoms with Crippen LogP contribution in [0.5, 0.6) is 11.5 Å². The molecule has 0 unspecified atom stereocenters. The van der Waals surface area contributed by atoms with E-state index in [9.17, 15) is 4.79 Å². The summed E-state index contributed by atoms with van der Waals surface area (Å²) in [4.78, 5) is 18.5. The number of nitrogens with one attached hydrogen (secondary N) is 1. The van der Waals surface area contributed by atoms with E-state index >= 15 is 0 Å². The Kier molecular flexibility index (Phi) is 4.62. The summed E-state index contributed by atoms with van der Waals surface area (Å²) in [5, 5.41) is 3.82. The number of thiazole rings is 1. The minimum Gasteiger partial charge on any atom is -0.486 e. The fourth-order valence-electron chi connectivity index (χ4n) is 2.81. The summed E-state index contributed by atoms with van der Waals surface area (Å²) >= 11 is 1.60. The maximum atomic E-state index is 12.4. The molecule has 0 spiro atoms. The molecule has 0 saturated carbocycles. The lowest BCUT2D eigenvalue weighted by molar-refractivity contribution is 0.171. The number of hydrogen-bond donors (Lipinski definition) is 1. The second-order valence-electron chi connectivity index (χ2n) is 6.07. The number of hydrogen-bond acceptors (Lipinski definition) is 5. The SMILES string of the molecule is CN(Cc1ccc2c(c1)OCCO2)C(=O)NCc1nc2ccccc2s1. The van der Waals surface area contributed by atoms with Gasteiger partial charge in [0.1, 0.15) is 18.2 Å². The number of fused-ring (bicyclic) bond motifs is 2. The fourth-order valence-corrected chi connectivity index (χ4v) is 3.72. The largest absolute Gasteiger partial charge is 0.486 e. The zero-order chi connectivity index (χ0) is 17.9. The van der Waals surface area contributed by atoms with Crippen LogP contribution in [0.1, 0.15) is 10.6 Å². The monoisotopic (exact) mass is 369 g/mol. The van der Waals surface area contributed by atoms with Crippen molar-refractivity contribution < 1.29 is 14.3 Å². The predicted molar refractivity (Wildman–Crippen MR) is 101 cm³/mol. The second-order valence-corrected chi connectivity index (χ2v) is 7.18. The molecule has 6 nitrogen and oxygen atoms in total. The number of ether oxygens (including phenoxy) is 2. The predicted octanol–water partition coefficient (Wildman–Crippen LogP) is 3.41. The van der Waals surface area contributed by atoms with Crippen LogP contribution in [0.4, 0.5) is 4.79 Å². The number of carbonyl (C=O) groups excluding carboxylic acids is 1. The fraction of sp³-hybridized carbons (Fsp3) is 0.263. The van der Waals surface area contributed by atoms with Gasteiger partial charge in [0.2, 0.25) is 0 Å². The Balaban J connectivity index is 1.35. The molecule has 1 N–H and O–H groups in total. The molecule has 26 heavy (non-hydrogen) atoms. The van der Waals surface area contributed by atoms with Gasteiger partial charge in [-0.3, -0.25) is 0 Å². The van der Waals surface area contributed by atoms with Gasteiger partial charge in [-0.1, -0.05) is 18.2 Å². The van der Waals surface area contributed by atoms with Crippen LogP contribution in [-0.2, 0) is 13.1 Å². The molecule has 0 atom stereocenters. The highest BCUT2D eigenvalue weighted by Crippen LogP contribution is 2.31. The van der Waals surface area contributed by atoms with Gasteiger partial charge in [0, 0.05) is 13.6 Å². The summed E-state index contributed by atoms with van der Waals surface area (Å²) in [6, 6.07) is 13.6. The lowest BCUT2D eigenvalue weighted by atomic mass is 10.2. The lowest BCUT2D eigenvalue weighted by Crippen LogP contribution is -2.36. The van der Waals surface area contributed by atoms with Gasteiger partial charge in [0.05, 0.1) is 16.8 Å². The molecule has 7 heteroatoms. The Labute approximate surface area is 155 Å². The van der Waals surface area contributed by atoms with E-state index in [0.717, 1.165) is 32.3 Å². The van der Waals surface area contributed by atoms with Crippen LogP contribution in [-0.4, -0.2) is 36.2 Å². The third-order valence-electron chi connectivity index (χ3n) is 4.10. The van der Waals surface area contributed by atoms with Gasteiger partial charge in [-0.25, -0.2) is 9.78 Å². The zero-order valence-corrected chi connectivity index (χ0v) is 15.2. The van der Waals surface area contributed by atoms with E-state index in [4.69, 9.17) is 9.47 Å². The van der Waals surface area contributed by atoms with Crippen LogP contribution in [0, 0.1) is 0 Å². The van der Waals surface area contributed by atoms with Crippen LogP contribution < -0.4 is 14.8 Å². The molecule has 1 aromatic heterocycles. The molecule has 4 rings (SSSR count). The second kappa shape index (κ2) is 7.21. The van der Waals surface area contributed by atoms with Crippen molar-refractivity contribution in [3.63, 3.8) is 0 Å². The maximum Gasteiger partial charge on any atom is 0.317 e. The highest BCUT2D eigenvalue weighted by molar-refractivity contribution is 7.18. The number of nitrogens with zero attached hydrogens (tertiary/aromatic N) is 2. The highest BCUT2D eigenvalue weighted by Gasteiger charge is 2.14. The molecule has 2 heterocycles. The van der Waals surface area contributed by atoms with Crippen LogP contribution in [0.25, 0.3) is 10.2 Å². The Bertz CT molecular complexity index is 908. The van der Waals surface area contributed by atoms with Crippen molar-refractivity contribution >= 4 is 27.6 Å². The molecule has 0 radical (unpaired) electrons. The first-order valence-electron chi connectivity index (χ1n) is 8.41. The summed E-state index contributed by atoms with van der Waals surface area (Å²) in [7, 11) is 1.77. The van der Waals surface area contributed by atoms with E-state index in [2.05, 4.69) is 10.3 Å². The molecule has 134 valence electrons. The van der Waals surface area contributed by atoms with Crippen LogP contribution in [0.2, 0.25) is 0 Å². The van der Waals surface area contributed by atoms with E-state index in [1.165, 1.54) is 0 Å². The van der Waals surface area contributed by atoms with E-state index in [1.807, 2.05) is 42.5 Å². The van der Waals surface area contributed by atoms with Crippen molar-refractivity contribution in [2.75, 3.05) is 20.3 Å². The molecule has 2 amide bonds. The smallest absolute Gasteiger partial charge is 0.317 e. The van der Waals surface area contributed by atoms with E-state index < -0.39 is 0 Å². The molecule has 0 saturated heterocycles. The average molecular weight is 369 g/mol. The molecule has 1 aliphatic rings. The van der Waals surface area contributed by atoms with Gasteiger partial charge in [-0.2, -0.15) is 0 Å². The number of urea groups is 1. The van der Waals surface area contributed by atoms with Crippen molar-refractivity contribution in [2.45, 2.75) is 13.1 Å². The summed E-state index contributed by atoms with van der Waals surface area (Å²) in [6.45, 7) is 2.03. The summed E-state index contributed by atoms with van der Waals surface area (Å²) in [5.41, 5.74) is 1.96. The summed E-state index contributed by atoms with van der Waals surface area (Å²) < 4.78 is 12.2. The summed E-state index contributed by atoms with van der Waals surface area (Å²) in [5.74, 6) is 1.49. The Morgan fingerprint density at radius 1 is 1.19 bits per heavy atom.